The van der Waals surface area contributed by atoms with E-state index in [1.54, 1.807) is 12.1 Å². The minimum atomic E-state index is -0.234. The highest BCUT2D eigenvalue weighted by atomic mass is 16.5. The number of aliphatic hydroxyl groups excluding tert-OH is 1. The maximum atomic E-state index is 12.4. The predicted molar refractivity (Wildman–Crippen MR) is 123 cm³/mol. The molecule has 0 heterocycles. The van der Waals surface area contributed by atoms with E-state index in [-0.39, 0.29) is 18.9 Å². The summed E-state index contributed by atoms with van der Waals surface area (Å²) in [7, 11) is 3.05. The molecule has 0 aliphatic carbocycles. The number of benzene rings is 3. The molecule has 6 nitrogen and oxygen atoms in total. The third-order valence-electron chi connectivity index (χ3n) is 5.16. The normalized spacial score (nSPS) is 10.5. The number of aliphatic hydroxyl groups is 1. The number of methoxy groups -OCH3 is 2. The number of ether oxygens (including phenoxy) is 3. The molecule has 1 amide bonds. The topological polar surface area (TPSA) is 77.0 Å². The first-order chi connectivity index (χ1) is 15.6. The molecule has 0 saturated heterocycles. The van der Waals surface area contributed by atoms with Crippen molar-refractivity contribution in [1.29, 1.82) is 0 Å². The van der Waals surface area contributed by atoms with Gasteiger partial charge in [-0.3, -0.25) is 4.79 Å². The first kappa shape index (κ1) is 23.2. The van der Waals surface area contributed by atoms with Crippen molar-refractivity contribution in [1.82, 2.24) is 5.32 Å². The molecule has 0 fully saturated rings. The Kier molecular flexibility index (Phi) is 8.52. The highest BCUT2D eigenvalue weighted by molar-refractivity contribution is 5.79. The van der Waals surface area contributed by atoms with Gasteiger partial charge >= 0.3 is 0 Å². The van der Waals surface area contributed by atoms with Crippen LogP contribution in [0.25, 0.3) is 0 Å². The van der Waals surface area contributed by atoms with E-state index in [0.29, 0.717) is 42.2 Å². The van der Waals surface area contributed by atoms with Gasteiger partial charge in [0.2, 0.25) is 5.91 Å². The second-order valence-corrected chi connectivity index (χ2v) is 7.29. The van der Waals surface area contributed by atoms with Crippen molar-refractivity contribution in [2.24, 2.45) is 0 Å². The first-order valence-corrected chi connectivity index (χ1v) is 10.5. The Bertz CT molecular complexity index is 1000. The molecule has 0 aromatic heterocycles. The van der Waals surface area contributed by atoms with Crippen LogP contribution in [0.2, 0.25) is 0 Å². The Labute approximate surface area is 188 Å². The van der Waals surface area contributed by atoms with E-state index < -0.39 is 0 Å². The zero-order chi connectivity index (χ0) is 22.8. The van der Waals surface area contributed by atoms with Gasteiger partial charge in [0.25, 0.3) is 0 Å². The van der Waals surface area contributed by atoms with Gasteiger partial charge in [0.15, 0.2) is 11.5 Å². The number of hydrogen-bond donors (Lipinski definition) is 2. The number of carbonyl (C=O) groups is 1. The first-order valence-electron chi connectivity index (χ1n) is 10.5. The molecule has 0 radical (unpaired) electrons. The van der Waals surface area contributed by atoms with Gasteiger partial charge in [-0.25, -0.2) is 0 Å². The van der Waals surface area contributed by atoms with Gasteiger partial charge in [0.1, 0.15) is 12.4 Å². The second kappa shape index (κ2) is 11.8. The van der Waals surface area contributed by atoms with Gasteiger partial charge in [-0.15, -0.1) is 0 Å². The molecule has 0 saturated carbocycles. The minimum Gasteiger partial charge on any atom is -0.493 e. The number of nitrogens with one attached hydrogen (secondary N) is 1. The van der Waals surface area contributed by atoms with Crippen LogP contribution < -0.4 is 19.5 Å². The Morgan fingerprint density at radius 3 is 2.31 bits per heavy atom. The Balaban J connectivity index is 1.48. The molecule has 3 rings (SSSR count). The SMILES string of the molecule is COc1ccc(CC(=O)NCCc2ccc(OCc3ccccc3)cc2)c(CO)c1OC. The van der Waals surface area contributed by atoms with Crippen LogP contribution in [-0.2, 0) is 30.8 Å². The number of rotatable bonds is 11. The van der Waals surface area contributed by atoms with Crippen LogP contribution in [-0.4, -0.2) is 31.8 Å². The van der Waals surface area contributed by atoms with Crippen molar-refractivity contribution in [3.8, 4) is 17.2 Å². The van der Waals surface area contributed by atoms with Gasteiger partial charge in [-0.2, -0.15) is 0 Å². The molecular weight excluding hydrogens is 406 g/mol. The van der Waals surface area contributed by atoms with Gasteiger partial charge in [0.05, 0.1) is 27.2 Å². The fourth-order valence-corrected chi connectivity index (χ4v) is 3.45. The summed E-state index contributed by atoms with van der Waals surface area (Å²) in [6.45, 7) is 0.814. The van der Waals surface area contributed by atoms with Crippen molar-refractivity contribution in [2.45, 2.75) is 26.1 Å². The largest absolute Gasteiger partial charge is 0.493 e. The van der Waals surface area contributed by atoms with E-state index in [1.165, 1.54) is 14.2 Å². The van der Waals surface area contributed by atoms with Crippen LogP contribution in [0.5, 0.6) is 17.2 Å². The molecule has 0 aliphatic rings. The second-order valence-electron chi connectivity index (χ2n) is 7.29. The summed E-state index contributed by atoms with van der Waals surface area (Å²) in [5.41, 5.74) is 3.51. The lowest BCUT2D eigenvalue weighted by atomic mass is 10.0. The lowest BCUT2D eigenvalue weighted by molar-refractivity contribution is -0.120. The van der Waals surface area contributed by atoms with Crippen molar-refractivity contribution in [3.05, 3.63) is 89.0 Å². The summed E-state index contributed by atoms with van der Waals surface area (Å²) in [6.07, 6.45) is 0.867. The number of hydrogen-bond acceptors (Lipinski definition) is 5. The Morgan fingerprint density at radius 1 is 0.906 bits per heavy atom. The molecule has 6 heteroatoms. The summed E-state index contributed by atoms with van der Waals surface area (Å²) in [5.74, 6) is 1.67. The van der Waals surface area contributed by atoms with E-state index in [2.05, 4.69) is 5.32 Å². The fraction of sp³-hybridized carbons (Fsp3) is 0.269. The molecule has 3 aromatic carbocycles. The van der Waals surface area contributed by atoms with Crippen LogP contribution in [0.1, 0.15) is 22.3 Å². The summed E-state index contributed by atoms with van der Waals surface area (Å²) in [5, 5.41) is 12.7. The van der Waals surface area contributed by atoms with E-state index >= 15 is 0 Å². The van der Waals surface area contributed by atoms with Crippen LogP contribution in [0.3, 0.4) is 0 Å². The smallest absolute Gasteiger partial charge is 0.224 e. The van der Waals surface area contributed by atoms with Crippen molar-refractivity contribution < 1.29 is 24.1 Å². The van der Waals surface area contributed by atoms with Crippen LogP contribution in [0.4, 0.5) is 0 Å². The molecule has 0 aliphatic heterocycles. The highest BCUT2D eigenvalue weighted by Crippen LogP contribution is 2.33. The molecule has 0 unspecified atom stereocenters. The Hall–Kier alpha value is -3.51. The van der Waals surface area contributed by atoms with Crippen LogP contribution in [0, 0.1) is 0 Å². The summed E-state index contributed by atoms with van der Waals surface area (Å²) in [6, 6.07) is 21.4. The third kappa shape index (κ3) is 6.25. The maximum Gasteiger partial charge on any atom is 0.224 e. The van der Waals surface area contributed by atoms with Gasteiger partial charge < -0.3 is 24.6 Å². The zero-order valence-corrected chi connectivity index (χ0v) is 18.5. The van der Waals surface area contributed by atoms with E-state index in [9.17, 15) is 9.90 Å². The van der Waals surface area contributed by atoms with E-state index in [0.717, 1.165) is 16.9 Å². The van der Waals surface area contributed by atoms with Crippen molar-refractivity contribution >= 4 is 5.91 Å². The van der Waals surface area contributed by atoms with E-state index in [1.807, 2.05) is 54.6 Å². The summed E-state index contributed by atoms with van der Waals surface area (Å²) in [4.78, 5) is 12.4. The maximum absolute atomic E-state index is 12.4. The Morgan fingerprint density at radius 2 is 1.66 bits per heavy atom. The zero-order valence-electron chi connectivity index (χ0n) is 18.5. The number of amides is 1. The van der Waals surface area contributed by atoms with E-state index in [4.69, 9.17) is 14.2 Å². The number of carbonyl (C=O) groups excluding carboxylic acids is 1. The van der Waals surface area contributed by atoms with Gasteiger partial charge in [-0.05, 0) is 41.3 Å². The molecule has 0 bridgehead atoms. The molecule has 3 aromatic rings. The quantitative estimate of drug-likeness (QED) is 0.481. The summed E-state index contributed by atoms with van der Waals surface area (Å²) >= 11 is 0. The average molecular weight is 436 g/mol. The fourth-order valence-electron chi connectivity index (χ4n) is 3.45. The lowest BCUT2D eigenvalue weighted by Crippen LogP contribution is -2.27. The predicted octanol–water partition coefficient (Wildman–Crippen LogP) is 3.68. The molecule has 2 N–H and O–H groups in total. The van der Waals surface area contributed by atoms with Crippen molar-refractivity contribution in [3.63, 3.8) is 0 Å². The van der Waals surface area contributed by atoms with Crippen LogP contribution in [0.15, 0.2) is 66.7 Å². The highest BCUT2D eigenvalue weighted by Gasteiger charge is 2.16. The molecule has 0 spiro atoms. The van der Waals surface area contributed by atoms with Crippen molar-refractivity contribution in [2.75, 3.05) is 20.8 Å². The average Bonchev–Trinajstić information content (AvgIpc) is 2.83. The lowest BCUT2D eigenvalue weighted by Gasteiger charge is -2.15. The molecule has 0 atom stereocenters. The third-order valence-corrected chi connectivity index (χ3v) is 5.16. The van der Waals surface area contributed by atoms with Gasteiger partial charge in [-0.1, -0.05) is 48.5 Å². The standard InChI is InChI=1S/C26H29NO5/c1-30-24-13-10-21(23(17-28)26(24)31-2)16-25(29)27-15-14-19-8-11-22(12-9-19)32-18-20-6-4-3-5-7-20/h3-13,28H,14-18H2,1-2H3,(H,27,29). The molecule has 32 heavy (non-hydrogen) atoms. The minimum absolute atomic E-state index is 0.116. The molecular formula is C26H29NO5. The van der Waals surface area contributed by atoms with Gasteiger partial charge in [0, 0.05) is 12.1 Å². The van der Waals surface area contributed by atoms with Crippen LogP contribution >= 0.6 is 0 Å². The monoisotopic (exact) mass is 435 g/mol. The summed E-state index contributed by atoms with van der Waals surface area (Å²) < 4.78 is 16.4. The molecule has 168 valence electrons.